The van der Waals surface area contributed by atoms with E-state index in [4.69, 9.17) is 0 Å². The van der Waals surface area contributed by atoms with Crippen LogP contribution in [0.2, 0.25) is 0 Å². The molecule has 5 rings (SSSR count). The van der Waals surface area contributed by atoms with E-state index in [1.165, 1.54) is 19.3 Å². The van der Waals surface area contributed by atoms with Gasteiger partial charge in [-0.15, -0.1) is 5.10 Å². The Kier molecular flexibility index (Phi) is 4.39. The molecule has 1 aromatic heterocycles. The number of imide groups is 1. The van der Waals surface area contributed by atoms with E-state index >= 15 is 0 Å². The highest BCUT2D eigenvalue weighted by Gasteiger charge is 2.39. The van der Waals surface area contributed by atoms with Crippen molar-refractivity contribution in [2.45, 2.75) is 57.3 Å². The maximum atomic E-state index is 12.9. The number of benzene rings is 1. The standard InChI is InChI=1S/C20H22N6O3/c27-18-7-6-17(19(28)22-18)25-10-12-4-5-15(8-16(12)20(25)29)26-11-14(23-24-26)9-21-13-2-1-3-13/h4-5,8,11,13,17,21H,1-3,6-7,9-10H2,(H,22,27,28). The molecule has 3 aliphatic rings. The first-order valence-electron chi connectivity index (χ1n) is 10.0. The van der Waals surface area contributed by atoms with Gasteiger partial charge in [0, 0.05) is 31.1 Å². The maximum absolute atomic E-state index is 12.9. The zero-order valence-electron chi connectivity index (χ0n) is 15.9. The van der Waals surface area contributed by atoms with Gasteiger partial charge in [-0.25, -0.2) is 4.68 Å². The monoisotopic (exact) mass is 394 g/mol. The largest absolute Gasteiger partial charge is 0.322 e. The minimum atomic E-state index is -0.605. The van der Waals surface area contributed by atoms with E-state index in [0.29, 0.717) is 31.1 Å². The highest BCUT2D eigenvalue weighted by molar-refractivity contribution is 6.05. The predicted octanol–water partition coefficient (Wildman–Crippen LogP) is 0.670. The average Bonchev–Trinajstić information content (AvgIpc) is 3.26. The molecule has 9 heteroatoms. The molecule has 2 N–H and O–H groups in total. The van der Waals surface area contributed by atoms with Crippen molar-refractivity contribution in [1.29, 1.82) is 0 Å². The molecule has 1 saturated heterocycles. The highest BCUT2D eigenvalue weighted by atomic mass is 16.2. The number of aromatic nitrogens is 3. The third kappa shape index (κ3) is 3.31. The van der Waals surface area contributed by atoms with Gasteiger partial charge in [0.25, 0.3) is 5.91 Å². The maximum Gasteiger partial charge on any atom is 0.255 e. The number of nitrogens with one attached hydrogen (secondary N) is 2. The fraction of sp³-hybridized carbons (Fsp3) is 0.450. The summed E-state index contributed by atoms with van der Waals surface area (Å²) in [5, 5.41) is 14.2. The smallest absolute Gasteiger partial charge is 0.255 e. The minimum absolute atomic E-state index is 0.191. The highest BCUT2D eigenvalue weighted by Crippen LogP contribution is 2.29. The van der Waals surface area contributed by atoms with Gasteiger partial charge in [0.15, 0.2) is 0 Å². The van der Waals surface area contributed by atoms with Gasteiger partial charge in [-0.05, 0) is 37.0 Å². The van der Waals surface area contributed by atoms with E-state index in [-0.39, 0.29) is 18.2 Å². The van der Waals surface area contributed by atoms with Crippen molar-refractivity contribution in [3.8, 4) is 5.69 Å². The van der Waals surface area contributed by atoms with Gasteiger partial charge >= 0.3 is 0 Å². The van der Waals surface area contributed by atoms with Crippen molar-refractivity contribution in [3.63, 3.8) is 0 Å². The first kappa shape index (κ1) is 18.0. The molecule has 1 saturated carbocycles. The number of fused-ring (bicyclic) bond motifs is 1. The molecule has 0 spiro atoms. The van der Waals surface area contributed by atoms with E-state index in [0.717, 1.165) is 16.9 Å². The van der Waals surface area contributed by atoms with E-state index in [1.54, 1.807) is 15.6 Å². The molecule has 0 bridgehead atoms. The van der Waals surface area contributed by atoms with Crippen molar-refractivity contribution >= 4 is 17.7 Å². The first-order chi connectivity index (χ1) is 14.1. The molecule has 0 radical (unpaired) electrons. The van der Waals surface area contributed by atoms with Crippen LogP contribution in [0.1, 0.15) is 53.7 Å². The molecule has 1 atom stereocenters. The number of piperidine rings is 1. The number of carbonyl (C=O) groups excluding carboxylic acids is 3. The second-order valence-electron chi connectivity index (χ2n) is 7.90. The average molecular weight is 394 g/mol. The van der Waals surface area contributed by atoms with Crippen LogP contribution in [0.15, 0.2) is 24.4 Å². The lowest BCUT2D eigenvalue weighted by Crippen LogP contribution is -2.52. The Morgan fingerprint density at radius 1 is 1.17 bits per heavy atom. The molecule has 1 aliphatic carbocycles. The van der Waals surface area contributed by atoms with Gasteiger partial charge in [0.2, 0.25) is 11.8 Å². The van der Waals surface area contributed by atoms with Crippen LogP contribution in [0.3, 0.4) is 0 Å². The zero-order valence-corrected chi connectivity index (χ0v) is 15.9. The van der Waals surface area contributed by atoms with Gasteiger partial charge in [-0.3, -0.25) is 19.7 Å². The topological polar surface area (TPSA) is 109 Å². The third-order valence-corrected chi connectivity index (χ3v) is 5.99. The van der Waals surface area contributed by atoms with Gasteiger partial charge in [0.05, 0.1) is 17.6 Å². The molecule has 9 nitrogen and oxygen atoms in total. The second kappa shape index (κ2) is 7.07. The van der Waals surface area contributed by atoms with Crippen LogP contribution in [0.25, 0.3) is 5.69 Å². The Labute approximate surface area is 167 Å². The van der Waals surface area contributed by atoms with Crippen LogP contribution in [0.5, 0.6) is 0 Å². The quantitative estimate of drug-likeness (QED) is 0.722. The summed E-state index contributed by atoms with van der Waals surface area (Å²) >= 11 is 0. The van der Waals surface area contributed by atoms with Gasteiger partial charge in [-0.2, -0.15) is 0 Å². The lowest BCUT2D eigenvalue weighted by molar-refractivity contribution is -0.136. The number of rotatable bonds is 5. The van der Waals surface area contributed by atoms with Crippen LogP contribution in [0, 0.1) is 0 Å². The summed E-state index contributed by atoms with van der Waals surface area (Å²) in [7, 11) is 0. The Bertz CT molecular complexity index is 996. The molecule has 2 aromatic rings. The van der Waals surface area contributed by atoms with Crippen molar-refractivity contribution in [2.75, 3.05) is 0 Å². The Morgan fingerprint density at radius 3 is 2.79 bits per heavy atom. The van der Waals surface area contributed by atoms with Crippen LogP contribution in [-0.4, -0.2) is 49.7 Å². The Balaban J connectivity index is 1.32. The van der Waals surface area contributed by atoms with Crippen LogP contribution >= 0.6 is 0 Å². The lowest BCUT2D eigenvalue weighted by Gasteiger charge is -2.29. The zero-order chi connectivity index (χ0) is 20.0. The first-order valence-corrected chi connectivity index (χ1v) is 10.0. The summed E-state index contributed by atoms with van der Waals surface area (Å²) in [6, 6.07) is 5.56. The normalized spacial score (nSPS) is 21.9. The molecular weight excluding hydrogens is 372 g/mol. The fourth-order valence-corrected chi connectivity index (χ4v) is 4.05. The molecule has 3 heterocycles. The summed E-state index contributed by atoms with van der Waals surface area (Å²) in [5.74, 6) is -0.877. The van der Waals surface area contributed by atoms with E-state index < -0.39 is 11.9 Å². The van der Waals surface area contributed by atoms with Gasteiger partial charge in [0.1, 0.15) is 6.04 Å². The van der Waals surface area contributed by atoms with E-state index in [2.05, 4.69) is 20.9 Å². The lowest BCUT2D eigenvalue weighted by atomic mass is 9.93. The summed E-state index contributed by atoms with van der Waals surface area (Å²) < 4.78 is 1.67. The second-order valence-corrected chi connectivity index (χ2v) is 7.90. The Morgan fingerprint density at radius 2 is 2.03 bits per heavy atom. The molecule has 2 aliphatic heterocycles. The summed E-state index contributed by atoms with van der Waals surface area (Å²) in [4.78, 5) is 38.0. The molecule has 29 heavy (non-hydrogen) atoms. The number of carbonyl (C=O) groups is 3. The van der Waals surface area contributed by atoms with Crippen molar-refractivity contribution in [3.05, 3.63) is 41.2 Å². The van der Waals surface area contributed by atoms with Crippen molar-refractivity contribution in [2.24, 2.45) is 0 Å². The number of nitrogens with zero attached hydrogens (tertiary/aromatic N) is 4. The van der Waals surface area contributed by atoms with Crippen LogP contribution in [-0.2, 0) is 22.7 Å². The summed E-state index contributed by atoms with van der Waals surface area (Å²) in [6.45, 7) is 1.05. The van der Waals surface area contributed by atoms with Crippen molar-refractivity contribution < 1.29 is 14.4 Å². The Hall–Kier alpha value is -3.07. The predicted molar refractivity (Wildman–Crippen MR) is 102 cm³/mol. The number of hydrogen-bond donors (Lipinski definition) is 2. The molecule has 150 valence electrons. The molecule has 2 fully saturated rings. The molecule has 3 amide bonds. The molecule has 1 aromatic carbocycles. The third-order valence-electron chi connectivity index (χ3n) is 5.99. The van der Waals surface area contributed by atoms with Crippen LogP contribution < -0.4 is 10.6 Å². The van der Waals surface area contributed by atoms with Crippen molar-refractivity contribution in [1.82, 2.24) is 30.5 Å². The molecule has 1 unspecified atom stereocenters. The summed E-state index contributed by atoms with van der Waals surface area (Å²) in [6.07, 6.45) is 6.18. The van der Waals surface area contributed by atoms with Crippen LogP contribution in [0.4, 0.5) is 0 Å². The van der Waals surface area contributed by atoms with E-state index in [9.17, 15) is 14.4 Å². The SMILES string of the molecule is O=C1CCC(N2Cc3ccc(-n4cc(CNC5CCC5)nn4)cc3C2=O)C(=O)N1. The molecular formula is C20H22N6O3. The van der Waals surface area contributed by atoms with E-state index in [1.807, 2.05) is 18.3 Å². The fourth-order valence-electron chi connectivity index (χ4n) is 4.05. The van der Waals surface area contributed by atoms with Gasteiger partial charge in [-0.1, -0.05) is 17.7 Å². The minimum Gasteiger partial charge on any atom is -0.322 e. The number of hydrogen-bond acceptors (Lipinski definition) is 6. The van der Waals surface area contributed by atoms with Gasteiger partial charge < -0.3 is 10.2 Å². The summed E-state index contributed by atoms with van der Waals surface area (Å²) in [5.41, 5.74) is 3.05. The number of amides is 3.